The van der Waals surface area contributed by atoms with E-state index in [1.807, 2.05) is 18.2 Å². The molecule has 1 aliphatic rings. The van der Waals surface area contributed by atoms with Crippen LogP contribution in [0.3, 0.4) is 0 Å². The summed E-state index contributed by atoms with van der Waals surface area (Å²) in [6.45, 7) is 2.22. The lowest BCUT2D eigenvalue weighted by Gasteiger charge is -2.32. The van der Waals surface area contributed by atoms with Gasteiger partial charge in [-0.25, -0.2) is 9.97 Å². The number of halogens is 1. The smallest absolute Gasteiger partial charge is 0.244 e. The lowest BCUT2D eigenvalue weighted by atomic mass is 9.96. The van der Waals surface area contributed by atoms with Crippen molar-refractivity contribution >= 4 is 29.4 Å². The summed E-state index contributed by atoms with van der Waals surface area (Å²) in [5.41, 5.74) is 1.17. The predicted octanol–water partition coefficient (Wildman–Crippen LogP) is 3.05. The Morgan fingerprint density at radius 3 is 2.78 bits per heavy atom. The van der Waals surface area contributed by atoms with Crippen molar-refractivity contribution in [2.24, 2.45) is 5.92 Å². The van der Waals surface area contributed by atoms with Crippen LogP contribution < -0.4 is 10.2 Å². The van der Waals surface area contributed by atoms with Crippen molar-refractivity contribution in [3.8, 4) is 6.07 Å². The maximum absolute atomic E-state index is 12.0. The Labute approximate surface area is 163 Å². The van der Waals surface area contributed by atoms with Gasteiger partial charge in [-0.2, -0.15) is 5.26 Å². The normalized spacial score (nSPS) is 14.9. The van der Waals surface area contributed by atoms with Crippen LogP contribution in [0.15, 0.2) is 42.7 Å². The molecule has 1 fully saturated rings. The number of rotatable bonds is 5. The molecule has 1 amide bonds. The van der Waals surface area contributed by atoms with Crippen LogP contribution in [0.2, 0.25) is 5.02 Å². The van der Waals surface area contributed by atoms with E-state index in [1.165, 1.54) is 12.3 Å². The minimum absolute atomic E-state index is 0.127. The Balaban J connectivity index is 1.46. The maximum atomic E-state index is 12.0. The van der Waals surface area contributed by atoms with Crippen LogP contribution in [0.1, 0.15) is 24.1 Å². The first kappa shape index (κ1) is 18.9. The third-order valence-electron chi connectivity index (χ3n) is 4.58. The summed E-state index contributed by atoms with van der Waals surface area (Å²) in [5.74, 6) is 0.921. The van der Waals surface area contributed by atoms with Gasteiger partial charge in [0.2, 0.25) is 5.91 Å². The minimum Gasteiger partial charge on any atom is -0.354 e. The fourth-order valence-corrected chi connectivity index (χ4v) is 3.27. The molecule has 0 aliphatic carbocycles. The lowest BCUT2D eigenvalue weighted by molar-refractivity contribution is -0.116. The minimum atomic E-state index is -0.127. The van der Waals surface area contributed by atoms with Gasteiger partial charge in [0.05, 0.1) is 0 Å². The number of carbonyl (C=O) groups is 1. The zero-order valence-electron chi connectivity index (χ0n) is 14.8. The SMILES string of the molecule is N#Cc1nccnc1N1CCC(CNC(=O)/C=C/c2ccccc2Cl)CC1. The highest BCUT2D eigenvalue weighted by Crippen LogP contribution is 2.23. The highest BCUT2D eigenvalue weighted by atomic mass is 35.5. The van der Waals surface area contributed by atoms with E-state index in [4.69, 9.17) is 16.9 Å². The molecule has 2 aromatic rings. The lowest BCUT2D eigenvalue weighted by Crippen LogP contribution is -2.39. The van der Waals surface area contributed by atoms with Gasteiger partial charge in [-0.1, -0.05) is 29.8 Å². The summed E-state index contributed by atoms with van der Waals surface area (Å²) >= 11 is 6.08. The van der Waals surface area contributed by atoms with Crippen molar-refractivity contribution in [2.75, 3.05) is 24.5 Å². The molecule has 2 heterocycles. The third kappa shape index (κ3) is 5.05. The molecule has 1 N–H and O–H groups in total. The summed E-state index contributed by atoms with van der Waals surface area (Å²) in [6.07, 6.45) is 8.22. The fraction of sp³-hybridized carbons (Fsp3) is 0.300. The van der Waals surface area contributed by atoms with Crippen LogP contribution in [-0.4, -0.2) is 35.5 Å². The molecule has 0 spiro atoms. The number of anilines is 1. The second kappa shape index (κ2) is 9.15. The molecule has 0 radical (unpaired) electrons. The van der Waals surface area contributed by atoms with E-state index >= 15 is 0 Å². The van der Waals surface area contributed by atoms with E-state index in [-0.39, 0.29) is 5.91 Å². The van der Waals surface area contributed by atoms with Crippen molar-refractivity contribution in [3.63, 3.8) is 0 Å². The number of amides is 1. The number of nitriles is 1. The third-order valence-corrected chi connectivity index (χ3v) is 4.93. The van der Waals surface area contributed by atoms with E-state index in [1.54, 1.807) is 18.3 Å². The van der Waals surface area contributed by atoms with Gasteiger partial charge < -0.3 is 10.2 Å². The van der Waals surface area contributed by atoms with Crippen LogP contribution in [0, 0.1) is 17.2 Å². The summed E-state index contributed by atoms with van der Waals surface area (Å²) in [6, 6.07) is 9.48. The van der Waals surface area contributed by atoms with Crippen molar-refractivity contribution < 1.29 is 4.79 Å². The molecule has 1 saturated heterocycles. The molecule has 7 heteroatoms. The quantitative estimate of drug-likeness (QED) is 0.805. The number of aromatic nitrogens is 2. The van der Waals surface area contributed by atoms with Crippen molar-refractivity contribution in [1.29, 1.82) is 5.26 Å². The number of hydrogen-bond acceptors (Lipinski definition) is 5. The molecular weight excluding hydrogens is 362 g/mol. The topological polar surface area (TPSA) is 81.9 Å². The molecule has 0 atom stereocenters. The standard InChI is InChI=1S/C20H20ClN5O/c21-17-4-2-1-3-16(17)5-6-19(27)25-14-15-7-11-26(12-8-15)20-18(13-22)23-9-10-24-20/h1-6,9-10,15H,7-8,11-12,14H2,(H,25,27)/b6-5+. The van der Waals surface area contributed by atoms with Gasteiger partial charge in [0.1, 0.15) is 6.07 Å². The maximum Gasteiger partial charge on any atom is 0.244 e. The van der Waals surface area contributed by atoms with E-state index in [0.717, 1.165) is 31.5 Å². The molecule has 0 saturated carbocycles. The average Bonchev–Trinajstić information content (AvgIpc) is 2.72. The van der Waals surface area contributed by atoms with E-state index < -0.39 is 0 Å². The highest BCUT2D eigenvalue weighted by molar-refractivity contribution is 6.32. The Bertz CT molecular complexity index is 869. The van der Waals surface area contributed by atoms with Crippen molar-refractivity contribution in [3.05, 3.63) is 59.0 Å². The second-order valence-corrected chi connectivity index (χ2v) is 6.78. The second-order valence-electron chi connectivity index (χ2n) is 6.37. The number of benzene rings is 1. The van der Waals surface area contributed by atoms with Gasteiger partial charge in [0.25, 0.3) is 0 Å². The van der Waals surface area contributed by atoms with Crippen LogP contribution >= 0.6 is 11.6 Å². The molecule has 0 unspecified atom stereocenters. The average molecular weight is 382 g/mol. The van der Waals surface area contributed by atoms with Gasteiger partial charge in [0, 0.05) is 43.1 Å². The molecule has 1 aromatic carbocycles. The first-order chi connectivity index (χ1) is 13.2. The molecule has 3 rings (SSSR count). The van der Waals surface area contributed by atoms with Gasteiger partial charge >= 0.3 is 0 Å². The molecule has 0 bridgehead atoms. The van der Waals surface area contributed by atoms with Crippen LogP contribution in [0.4, 0.5) is 5.82 Å². The van der Waals surface area contributed by atoms with E-state index in [2.05, 4.69) is 26.3 Å². The predicted molar refractivity (Wildman–Crippen MR) is 105 cm³/mol. The Morgan fingerprint density at radius 1 is 1.30 bits per heavy atom. The first-order valence-corrected chi connectivity index (χ1v) is 9.21. The molecule has 1 aromatic heterocycles. The summed E-state index contributed by atoms with van der Waals surface area (Å²) < 4.78 is 0. The Morgan fingerprint density at radius 2 is 2.04 bits per heavy atom. The number of nitrogens with one attached hydrogen (secondary N) is 1. The molecule has 27 heavy (non-hydrogen) atoms. The van der Waals surface area contributed by atoms with E-state index in [9.17, 15) is 4.79 Å². The Kier molecular flexibility index (Phi) is 6.39. The van der Waals surface area contributed by atoms with Gasteiger partial charge in [0.15, 0.2) is 11.5 Å². The van der Waals surface area contributed by atoms with Gasteiger partial charge in [-0.05, 0) is 36.5 Å². The summed E-state index contributed by atoms with van der Waals surface area (Å²) in [5, 5.41) is 12.7. The largest absolute Gasteiger partial charge is 0.354 e. The zero-order chi connectivity index (χ0) is 19.1. The number of carbonyl (C=O) groups excluding carboxylic acids is 1. The van der Waals surface area contributed by atoms with E-state index in [0.29, 0.717) is 29.0 Å². The molecule has 6 nitrogen and oxygen atoms in total. The first-order valence-electron chi connectivity index (χ1n) is 8.84. The highest BCUT2D eigenvalue weighted by Gasteiger charge is 2.22. The van der Waals surface area contributed by atoms with Crippen molar-refractivity contribution in [1.82, 2.24) is 15.3 Å². The fourth-order valence-electron chi connectivity index (χ4n) is 3.07. The molecular formula is C20H20ClN5O. The van der Waals surface area contributed by atoms with Crippen LogP contribution in [-0.2, 0) is 4.79 Å². The van der Waals surface area contributed by atoms with Crippen molar-refractivity contribution in [2.45, 2.75) is 12.8 Å². The zero-order valence-corrected chi connectivity index (χ0v) is 15.6. The monoisotopic (exact) mass is 381 g/mol. The van der Waals surface area contributed by atoms with Crippen LogP contribution in [0.5, 0.6) is 0 Å². The Hall–Kier alpha value is -2.91. The van der Waals surface area contributed by atoms with Gasteiger partial charge in [-0.15, -0.1) is 0 Å². The number of hydrogen-bond donors (Lipinski definition) is 1. The number of piperidine rings is 1. The number of nitrogens with zero attached hydrogens (tertiary/aromatic N) is 4. The summed E-state index contributed by atoms with van der Waals surface area (Å²) in [7, 11) is 0. The molecule has 1 aliphatic heterocycles. The van der Waals surface area contributed by atoms with Crippen LogP contribution in [0.25, 0.3) is 6.08 Å². The molecule has 138 valence electrons. The summed E-state index contributed by atoms with van der Waals surface area (Å²) in [4.78, 5) is 22.5. The van der Waals surface area contributed by atoms with Gasteiger partial charge in [-0.3, -0.25) is 4.79 Å².